The fourth-order valence-corrected chi connectivity index (χ4v) is 2.62. The van der Waals surface area contributed by atoms with Gasteiger partial charge >= 0.3 is 0 Å². The second-order valence-electron chi connectivity index (χ2n) is 6.01. The molecule has 0 saturated carbocycles. The first-order chi connectivity index (χ1) is 12.6. The van der Waals surface area contributed by atoms with Crippen LogP contribution in [0.5, 0.6) is 5.75 Å². The molecule has 0 aliphatic rings. The van der Waals surface area contributed by atoms with Crippen LogP contribution in [0.25, 0.3) is 10.8 Å². The highest BCUT2D eigenvalue weighted by atomic mass is 16.5. The van der Waals surface area contributed by atoms with Gasteiger partial charge in [-0.1, -0.05) is 60.2 Å². The summed E-state index contributed by atoms with van der Waals surface area (Å²) in [5.74, 6) is -0.102. The molecule has 2 N–H and O–H groups in total. The lowest BCUT2D eigenvalue weighted by atomic mass is 10.0. The van der Waals surface area contributed by atoms with Gasteiger partial charge in [0.25, 0.3) is 5.91 Å². The van der Waals surface area contributed by atoms with Crippen molar-refractivity contribution in [3.63, 3.8) is 0 Å². The van der Waals surface area contributed by atoms with E-state index >= 15 is 0 Å². The topological polar surface area (TPSA) is 67.4 Å². The molecule has 5 heteroatoms. The third-order valence-electron chi connectivity index (χ3n) is 3.96. The zero-order valence-corrected chi connectivity index (χ0v) is 14.5. The standard InChI is InChI=1S/C21H20N2O3/c1-15-9-11-18(12-10-15)26-14-21(25)23-22-20(24)13-17-7-4-6-16-5-2-3-8-19(16)17/h2-12H,13-14H2,1H3,(H,22,24)(H,23,25). The van der Waals surface area contributed by atoms with Gasteiger partial charge in [-0.2, -0.15) is 0 Å². The van der Waals surface area contributed by atoms with E-state index in [9.17, 15) is 9.59 Å². The minimum Gasteiger partial charge on any atom is -0.484 e. The first-order valence-corrected chi connectivity index (χ1v) is 8.35. The van der Waals surface area contributed by atoms with Crippen molar-refractivity contribution in [2.24, 2.45) is 0 Å². The van der Waals surface area contributed by atoms with Gasteiger partial charge in [0.1, 0.15) is 5.75 Å². The number of aryl methyl sites for hydroxylation is 1. The van der Waals surface area contributed by atoms with Crippen molar-refractivity contribution in [2.75, 3.05) is 6.61 Å². The molecule has 132 valence electrons. The number of amides is 2. The zero-order chi connectivity index (χ0) is 18.4. The quantitative estimate of drug-likeness (QED) is 0.697. The van der Waals surface area contributed by atoms with E-state index in [2.05, 4.69) is 10.9 Å². The summed E-state index contributed by atoms with van der Waals surface area (Å²) in [6.45, 7) is 1.81. The highest BCUT2D eigenvalue weighted by Gasteiger charge is 2.08. The molecular weight excluding hydrogens is 328 g/mol. The Balaban J connectivity index is 1.49. The molecule has 3 aromatic rings. The van der Waals surface area contributed by atoms with E-state index < -0.39 is 5.91 Å². The van der Waals surface area contributed by atoms with Crippen LogP contribution in [0, 0.1) is 6.92 Å². The average Bonchev–Trinajstić information content (AvgIpc) is 2.66. The number of nitrogens with one attached hydrogen (secondary N) is 2. The van der Waals surface area contributed by atoms with E-state index in [-0.39, 0.29) is 18.9 Å². The van der Waals surface area contributed by atoms with Crippen LogP contribution >= 0.6 is 0 Å². The molecule has 5 nitrogen and oxygen atoms in total. The van der Waals surface area contributed by atoms with E-state index in [4.69, 9.17) is 4.74 Å². The lowest BCUT2D eigenvalue weighted by molar-refractivity contribution is -0.129. The van der Waals surface area contributed by atoms with Gasteiger partial charge in [0, 0.05) is 0 Å². The molecular formula is C21H20N2O3. The number of rotatable bonds is 5. The summed E-state index contributed by atoms with van der Waals surface area (Å²) < 4.78 is 5.37. The first kappa shape index (κ1) is 17.5. The van der Waals surface area contributed by atoms with Gasteiger partial charge in [0.15, 0.2) is 6.61 Å². The van der Waals surface area contributed by atoms with Crippen molar-refractivity contribution in [3.8, 4) is 5.75 Å². The maximum atomic E-state index is 12.1. The van der Waals surface area contributed by atoms with Crippen LogP contribution in [0.15, 0.2) is 66.7 Å². The van der Waals surface area contributed by atoms with Crippen LogP contribution in [-0.4, -0.2) is 18.4 Å². The van der Waals surface area contributed by atoms with Crippen molar-refractivity contribution in [1.29, 1.82) is 0 Å². The number of hydrogen-bond donors (Lipinski definition) is 2. The number of hydrazine groups is 1. The minimum absolute atomic E-state index is 0.169. The fourth-order valence-electron chi connectivity index (χ4n) is 2.62. The molecule has 0 heterocycles. The molecule has 26 heavy (non-hydrogen) atoms. The zero-order valence-electron chi connectivity index (χ0n) is 14.5. The summed E-state index contributed by atoms with van der Waals surface area (Å²) in [4.78, 5) is 23.9. The molecule has 0 aliphatic heterocycles. The summed E-state index contributed by atoms with van der Waals surface area (Å²) in [6, 6.07) is 21.1. The molecule has 0 radical (unpaired) electrons. The lowest BCUT2D eigenvalue weighted by Crippen LogP contribution is -2.44. The molecule has 0 saturated heterocycles. The van der Waals surface area contributed by atoms with Crippen molar-refractivity contribution >= 4 is 22.6 Å². The highest BCUT2D eigenvalue weighted by Crippen LogP contribution is 2.18. The predicted molar refractivity (Wildman–Crippen MR) is 101 cm³/mol. The molecule has 2 amide bonds. The van der Waals surface area contributed by atoms with Crippen molar-refractivity contribution in [3.05, 3.63) is 77.9 Å². The Bertz CT molecular complexity index is 915. The summed E-state index contributed by atoms with van der Waals surface area (Å²) in [5.41, 5.74) is 6.81. The smallest absolute Gasteiger partial charge is 0.276 e. The number of benzene rings is 3. The molecule has 0 aliphatic carbocycles. The molecule has 0 aromatic heterocycles. The summed E-state index contributed by atoms with van der Waals surface area (Å²) >= 11 is 0. The van der Waals surface area contributed by atoms with Gasteiger partial charge in [-0.05, 0) is 35.4 Å². The van der Waals surface area contributed by atoms with Crippen LogP contribution in [0.4, 0.5) is 0 Å². The third kappa shape index (κ3) is 4.60. The van der Waals surface area contributed by atoms with Crippen molar-refractivity contribution in [2.45, 2.75) is 13.3 Å². The van der Waals surface area contributed by atoms with Crippen LogP contribution in [0.3, 0.4) is 0 Å². The molecule has 0 unspecified atom stereocenters. The van der Waals surface area contributed by atoms with Gasteiger partial charge in [0.05, 0.1) is 6.42 Å². The van der Waals surface area contributed by atoms with Crippen LogP contribution in [0.2, 0.25) is 0 Å². The normalized spacial score (nSPS) is 10.3. The van der Waals surface area contributed by atoms with Crippen molar-refractivity contribution < 1.29 is 14.3 Å². The van der Waals surface area contributed by atoms with Gasteiger partial charge in [-0.15, -0.1) is 0 Å². The van der Waals surface area contributed by atoms with Gasteiger partial charge in [-0.3, -0.25) is 20.4 Å². The lowest BCUT2D eigenvalue weighted by Gasteiger charge is -2.10. The number of hydrogen-bond acceptors (Lipinski definition) is 3. The second-order valence-corrected chi connectivity index (χ2v) is 6.01. The fraction of sp³-hybridized carbons (Fsp3) is 0.143. The molecule has 0 bridgehead atoms. The Morgan fingerprint density at radius 1 is 0.846 bits per heavy atom. The minimum atomic E-state index is -0.420. The molecule has 0 fully saturated rings. The second kappa shape index (κ2) is 8.16. The number of carbonyl (C=O) groups is 2. The van der Waals surface area contributed by atoms with Crippen LogP contribution in [0.1, 0.15) is 11.1 Å². The number of fused-ring (bicyclic) bond motifs is 1. The first-order valence-electron chi connectivity index (χ1n) is 8.35. The Labute approximate surface area is 152 Å². The Hall–Kier alpha value is -3.34. The number of ether oxygens (including phenoxy) is 1. The monoisotopic (exact) mass is 348 g/mol. The number of carbonyl (C=O) groups excluding carboxylic acids is 2. The van der Waals surface area contributed by atoms with Gasteiger partial charge in [-0.25, -0.2) is 0 Å². The van der Waals surface area contributed by atoms with Gasteiger partial charge < -0.3 is 4.74 Å². The van der Waals surface area contributed by atoms with Crippen LogP contribution in [-0.2, 0) is 16.0 Å². The van der Waals surface area contributed by atoms with E-state index in [0.717, 1.165) is 21.9 Å². The summed E-state index contributed by atoms with van der Waals surface area (Å²) in [7, 11) is 0. The predicted octanol–water partition coefficient (Wildman–Crippen LogP) is 2.92. The summed E-state index contributed by atoms with van der Waals surface area (Å²) in [5, 5.41) is 2.10. The maximum absolute atomic E-state index is 12.1. The largest absolute Gasteiger partial charge is 0.484 e. The summed E-state index contributed by atoms with van der Waals surface area (Å²) in [6.07, 6.45) is 0.181. The van der Waals surface area contributed by atoms with E-state index in [1.807, 2.05) is 61.5 Å². The van der Waals surface area contributed by atoms with E-state index in [1.165, 1.54) is 0 Å². The molecule has 0 spiro atoms. The maximum Gasteiger partial charge on any atom is 0.276 e. The Kier molecular flexibility index (Phi) is 5.49. The molecule has 3 aromatic carbocycles. The Morgan fingerprint density at radius 2 is 1.54 bits per heavy atom. The average molecular weight is 348 g/mol. The van der Waals surface area contributed by atoms with E-state index in [1.54, 1.807) is 12.1 Å². The van der Waals surface area contributed by atoms with E-state index in [0.29, 0.717) is 5.75 Å². The third-order valence-corrected chi connectivity index (χ3v) is 3.96. The Morgan fingerprint density at radius 3 is 2.35 bits per heavy atom. The SMILES string of the molecule is Cc1ccc(OCC(=O)NNC(=O)Cc2cccc3ccccc23)cc1. The van der Waals surface area contributed by atoms with Crippen LogP contribution < -0.4 is 15.6 Å². The van der Waals surface area contributed by atoms with Gasteiger partial charge in [0.2, 0.25) is 5.91 Å². The highest BCUT2D eigenvalue weighted by molar-refractivity contribution is 5.91. The molecule has 3 rings (SSSR count). The molecule has 0 atom stereocenters. The van der Waals surface area contributed by atoms with Crippen molar-refractivity contribution in [1.82, 2.24) is 10.9 Å².